The van der Waals surface area contributed by atoms with Gasteiger partial charge in [0.15, 0.2) is 0 Å². The van der Waals surface area contributed by atoms with Crippen LogP contribution in [0.2, 0.25) is 5.02 Å². The first kappa shape index (κ1) is 14.0. The van der Waals surface area contributed by atoms with Gasteiger partial charge in [0, 0.05) is 27.9 Å². The molecule has 23 heavy (non-hydrogen) atoms. The molecule has 4 rings (SSSR count). The third-order valence-corrected chi connectivity index (χ3v) is 4.41. The Kier molecular flexibility index (Phi) is 2.99. The van der Waals surface area contributed by atoms with Gasteiger partial charge < -0.3 is 11.1 Å². The van der Waals surface area contributed by atoms with Crippen molar-refractivity contribution in [2.45, 2.75) is 6.04 Å². The summed E-state index contributed by atoms with van der Waals surface area (Å²) < 4.78 is 13.6. The maximum absolute atomic E-state index is 13.6. The molecule has 1 aliphatic rings. The van der Waals surface area contributed by atoms with Gasteiger partial charge in [-0.2, -0.15) is 0 Å². The van der Waals surface area contributed by atoms with E-state index < -0.39 is 11.9 Å². The third kappa shape index (κ3) is 2.04. The summed E-state index contributed by atoms with van der Waals surface area (Å²) in [4.78, 5) is 16.7. The van der Waals surface area contributed by atoms with Crippen molar-refractivity contribution in [2.24, 2.45) is 0 Å². The van der Waals surface area contributed by atoms with Gasteiger partial charge in [0.05, 0.1) is 17.1 Å². The predicted molar refractivity (Wildman–Crippen MR) is 86.9 cm³/mol. The van der Waals surface area contributed by atoms with E-state index in [2.05, 4.69) is 10.3 Å². The molecule has 1 aliphatic heterocycles. The van der Waals surface area contributed by atoms with E-state index in [4.69, 9.17) is 17.3 Å². The number of anilines is 1. The Morgan fingerprint density at radius 3 is 2.83 bits per heavy atom. The van der Waals surface area contributed by atoms with Crippen molar-refractivity contribution in [3.05, 3.63) is 70.1 Å². The van der Waals surface area contributed by atoms with Crippen molar-refractivity contribution in [1.82, 2.24) is 10.3 Å². The molecule has 1 amide bonds. The SMILES string of the molecule is Nc1ccnc2c3c(ccc12)C(c1cc(F)ccc1Cl)NC3=O. The molecule has 3 N–H and O–H groups in total. The quantitative estimate of drug-likeness (QED) is 0.719. The topological polar surface area (TPSA) is 68.0 Å². The van der Waals surface area contributed by atoms with Crippen LogP contribution in [0.1, 0.15) is 27.5 Å². The minimum Gasteiger partial charge on any atom is -0.398 e. The first-order valence-electron chi connectivity index (χ1n) is 6.99. The Morgan fingerprint density at radius 2 is 2.00 bits per heavy atom. The number of halogens is 2. The molecule has 6 heteroatoms. The van der Waals surface area contributed by atoms with Gasteiger partial charge in [-0.05, 0) is 29.8 Å². The summed E-state index contributed by atoms with van der Waals surface area (Å²) in [7, 11) is 0. The van der Waals surface area contributed by atoms with Crippen LogP contribution in [0.5, 0.6) is 0 Å². The molecule has 0 fully saturated rings. The molecular formula is C17H11ClFN3O. The van der Waals surface area contributed by atoms with Gasteiger partial charge in [-0.1, -0.05) is 23.7 Å². The maximum atomic E-state index is 13.6. The average Bonchev–Trinajstić information content (AvgIpc) is 2.87. The fourth-order valence-corrected chi connectivity index (χ4v) is 3.22. The average molecular weight is 328 g/mol. The van der Waals surface area contributed by atoms with E-state index in [1.54, 1.807) is 18.3 Å². The molecular weight excluding hydrogens is 317 g/mol. The molecule has 0 radical (unpaired) electrons. The van der Waals surface area contributed by atoms with Crippen molar-refractivity contribution in [3.63, 3.8) is 0 Å². The van der Waals surface area contributed by atoms with Gasteiger partial charge >= 0.3 is 0 Å². The Balaban J connectivity index is 1.98. The highest BCUT2D eigenvalue weighted by molar-refractivity contribution is 6.31. The molecule has 2 aromatic carbocycles. The highest BCUT2D eigenvalue weighted by atomic mass is 35.5. The smallest absolute Gasteiger partial charge is 0.254 e. The summed E-state index contributed by atoms with van der Waals surface area (Å²) in [6.45, 7) is 0. The van der Waals surface area contributed by atoms with Crippen molar-refractivity contribution in [3.8, 4) is 0 Å². The number of carbonyl (C=O) groups excluding carboxylic acids is 1. The number of rotatable bonds is 1. The van der Waals surface area contributed by atoms with E-state index in [1.807, 2.05) is 6.07 Å². The first-order valence-corrected chi connectivity index (χ1v) is 7.37. The summed E-state index contributed by atoms with van der Waals surface area (Å²) in [6.07, 6.45) is 1.56. The molecule has 0 spiro atoms. The van der Waals surface area contributed by atoms with Crippen molar-refractivity contribution < 1.29 is 9.18 Å². The zero-order chi connectivity index (χ0) is 16.1. The van der Waals surface area contributed by atoms with Crippen LogP contribution in [-0.4, -0.2) is 10.9 Å². The molecule has 0 aliphatic carbocycles. The number of fused-ring (bicyclic) bond motifs is 3. The largest absolute Gasteiger partial charge is 0.398 e. The fraction of sp³-hybridized carbons (Fsp3) is 0.0588. The van der Waals surface area contributed by atoms with Gasteiger partial charge in [0.25, 0.3) is 5.91 Å². The summed E-state index contributed by atoms with van der Waals surface area (Å²) in [5.74, 6) is -0.677. The van der Waals surface area contributed by atoms with Gasteiger partial charge in [-0.15, -0.1) is 0 Å². The van der Waals surface area contributed by atoms with Gasteiger partial charge in [0.2, 0.25) is 0 Å². The summed E-state index contributed by atoms with van der Waals surface area (Å²) in [5.41, 5.74) is 8.72. The van der Waals surface area contributed by atoms with E-state index in [1.165, 1.54) is 18.2 Å². The lowest BCUT2D eigenvalue weighted by Gasteiger charge is -2.14. The lowest BCUT2D eigenvalue weighted by Crippen LogP contribution is -2.20. The van der Waals surface area contributed by atoms with Crippen molar-refractivity contribution >= 4 is 34.1 Å². The zero-order valence-electron chi connectivity index (χ0n) is 11.8. The number of carbonyl (C=O) groups is 1. The van der Waals surface area contributed by atoms with Crippen LogP contribution in [0, 0.1) is 5.82 Å². The molecule has 0 bridgehead atoms. The zero-order valence-corrected chi connectivity index (χ0v) is 12.6. The third-order valence-electron chi connectivity index (χ3n) is 4.06. The minimum atomic E-state index is -0.506. The number of nitrogens with two attached hydrogens (primary N) is 1. The number of benzene rings is 2. The molecule has 1 atom stereocenters. The first-order chi connectivity index (χ1) is 11.1. The second-order valence-corrected chi connectivity index (χ2v) is 5.81. The van der Waals surface area contributed by atoms with Crippen LogP contribution in [0.15, 0.2) is 42.6 Å². The molecule has 4 nitrogen and oxygen atoms in total. The Morgan fingerprint density at radius 1 is 1.17 bits per heavy atom. The fourth-order valence-electron chi connectivity index (χ4n) is 3.00. The summed E-state index contributed by atoms with van der Waals surface area (Å²) in [6, 6.07) is 8.89. The Labute approximate surface area is 136 Å². The molecule has 1 unspecified atom stereocenters. The number of amides is 1. The lowest BCUT2D eigenvalue weighted by atomic mass is 9.96. The van der Waals surface area contributed by atoms with E-state index in [-0.39, 0.29) is 5.91 Å². The number of hydrogen-bond donors (Lipinski definition) is 2. The van der Waals surface area contributed by atoms with Gasteiger partial charge in [-0.3, -0.25) is 9.78 Å². The van der Waals surface area contributed by atoms with Crippen LogP contribution in [-0.2, 0) is 0 Å². The highest BCUT2D eigenvalue weighted by Gasteiger charge is 2.33. The number of pyridine rings is 1. The van der Waals surface area contributed by atoms with Crippen LogP contribution in [0.4, 0.5) is 10.1 Å². The molecule has 0 saturated heterocycles. The number of nitrogens with one attached hydrogen (secondary N) is 1. The van der Waals surface area contributed by atoms with E-state index in [0.29, 0.717) is 38.3 Å². The monoisotopic (exact) mass is 327 g/mol. The number of hydrogen-bond acceptors (Lipinski definition) is 3. The van der Waals surface area contributed by atoms with Crippen molar-refractivity contribution in [1.29, 1.82) is 0 Å². The maximum Gasteiger partial charge on any atom is 0.254 e. The van der Waals surface area contributed by atoms with Crippen LogP contribution < -0.4 is 11.1 Å². The van der Waals surface area contributed by atoms with Gasteiger partial charge in [-0.25, -0.2) is 4.39 Å². The van der Waals surface area contributed by atoms with E-state index in [0.717, 1.165) is 0 Å². The normalized spacial score (nSPS) is 16.4. The van der Waals surface area contributed by atoms with Crippen LogP contribution in [0.3, 0.4) is 0 Å². The van der Waals surface area contributed by atoms with Crippen molar-refractivity contribution in [2.75, 3.05) is 5.73 Å². The number of nitrogen functional groups attached to an aromatic ring is 1. The predicted octanol–water partition coefficient (Wildman–Crippen LogP) is 3.44. The molecule has 114 valence electrons. The summed E-state index contributed by atoms with van der Waals surface area (Å²) >= 11 is 6.18. The van der Waals surface area contributed by atoms with Crippen LogP contribution >= 0.6 is 11.6 Å². The Hall–Kier alpha value is -2.66. The van der Waals surface area contributed by atoms with Crippen LogP contribution in [0.25, 0.3) is 10.9 Å². The van der Waals surface area contributed by atoms with E-state index >= 15 is 0 Å². The minimum absolute atomic E-state index is 0.269. The molecule has 1 aromatic heterocycles. The summed E-state index contributed by atoms with van der Waals surface area (Å²) in [5, 5.41) is 3.95. The molecule has 3 aromatic rings. The highest BCUT2D eigenvalue weighted by Crippen LogP contribution is 2.38. The van der Waals surface area contributed by atoms with E-state index in [9.17, 15) is 9.18 Å². The molecule has 0 saturated carbocycles. The number of nitrogens with zero attached hydrogens (tertiary/aromatic N) is 1. The number of aromatic nitrogens is 1. The standard InChI is InChI=1S/C17H11ClFN3O/c18-12-4-1-8(19)7-11(12)15-10-3-2-9-13(20)5-6-21-16(9)14(10)17(23)22-15/h1-7,15H,(H2,20,21)(H,22,23). The Bertz CT molecular complexity index is 973. The lowest BCUT2D eigenvalue weighted by molar-refractivity contribution is 0.0961. The molecule has 2 heterocycles. The van der Waals surface area contributed by atoms with Gasteiger partial charge in [0.1, 0.15) is 5.82 Å². The second-order valence-electron chi connectivity index (χ2n) is 5.40. The second kappa shape index (κ2) is 4.93.